The van der Waals surface area contributed by atoms with Gasteiger partial charge in [-0.25, -0.2) is 8.42 Å². The van der Waals surface area contributed by atoms with Gasteiger partial charge in [0, 0.05) is 17.1 Å². The maximum absolute atomic E-state index is 13.3. The molecule has 146 valence electrons. The van der Waals surface area contributed by atoms with E-state index in [0.29, 0.717) is 35.3 Å². The van der Waals surface area contributed by atoms with Crippen molar-refractivity contribution in [3.63, 3.8) is 0 Å². The summed E-state index contributed by atoms with van der Waals surface area (Å²) in [5.74, 6) is 0.787. The fraction of sp³-hybridized carbons (Fsp3) is 0.300. The Hall–Kier alpha value is -2.22. The molecule has 0 saturated carbocycles. The normalized spacial score (nSPS) is 17.9. The number of halogens is 1. The van der Waals surface area contributed by atoms with Gasteiger partial charge in [0.1, 0.15) is 6.04 Å². The number of aromatic nitrogens is 2. The molecule has 0 N–H and O–H groups in total. The van der Waals surface area contributed by atoms with Crippen LogP contribution in [0, 0.1) is 13.8 Å². The Balaban J connectivity index is 1.67. The number of nitrogens with zero attached hydrogens (tertiary/aromatic N) is 3. The van der Waals surface area contributed by atoms with E-state index in [1.807, 2.05) is 31.2 Å². The van der Waals surface area contributed by atoms with Gasteiger partial charge < -0.3 is 4.52 Å². The van der Waals surface area contributed by atoms with Crippen molar-refractivity contribution in [3.05, 3.63) is 64.5 Å². The Labute approximate surface area is 169 Å². The standard InChI is InChI=1S/C20H20ClN3O3S/c1-13-5-3-6-15(11-13)19-22-20(27-23-19)17-7-4-10-24(17)28(25,26)18-9-8-16(21)12-14(18)2/h3,5-6,8-9,11-12,17H,4,7,10H2,1-2H3/t17-/m0/s1. The highest BCUT2D eigenvalue weighted by atomic mass is 35.5. The minimum atomic E-state index is -3.70. The van der Waals surface area contributed by atoms with E-state index in [4.69, 9.17) is 16.1 Å². The summed E-state index contributed by atoms with van der Waals surface area (Å²) in [4.78, 5) is 4.74. The molecule has 1 atom stereocenters. The molecule has 1 fully saturated rings. The summed E-state index contributed by atoms with van der Waals surface area (Å²) in [6, 6.07) is 12.1. The average Bonchev–Trinajstić information content (AvgIpc) is 3.31. The zero-order valence-electron chi connectivity index (χ0n) is 15.6. The third kappa shape index (κ3) is 3.45. The van der Waals surface area contributed by atoms with Crippen molar-refractivity contribution in [2.75, 3.05) is 6.54 Å². The molecule has 0 unspecified atom stereocenters. The molecule has 0 radical (unpaired) electrons. The van der Waals surface area contributed by atoms with E-state index in [-0.39, 0.29) is 4.90 Å². The molecule has 3 aromatic rings. The van der Waals surface area contributed by atoms with Crippen LogP contribution in [0.25, 0.3) is 11.4 Å². The summed E-state index contributed by atoms with van der Waals surface area (Å²) < 4.78 is 33.4. The Bertz CT molecular complexity index is 1130. The van der Waals surface area contributed by atoms with E-state index in [0.717, 1.165) is 17.5 Å². The second-order valence-electron chi connectivity index (χ2n) is 7.01. The molecule has 0 aliphatic carbocycles. The van der Waals surface area contributed by atoms with Crippen LogP contribution in [-0.4, -0.2) is 29.4 Å². The van der Waals surface area contributed by atoms with Gasteiger partial charge in [-0.2, -0.15) is 9.29 Å². The molecule has 2 heterocycles. The molecule has 1 saturated heterocycles. The van der Waals surface area contributed by atoms with E-state index >= 15 is 0 Å². The largest absolute Gasteiger partial charge is 0.337 e. The Morgan fingerprint density at radius 3 is 2.75 bits per heavy atom. The Morgan fingerprint density at radius 2 is 2.00 bits per heavy atom. The molecule has 0 amide bonds. The number of hydrogen-bond acceptors (Lipinski definition) is 5. The molecular formula is C20H20ClN3O3S. The molecule has 1 aromatic heterocycles. The quantitative estimate of drug-likeness (QED) is 0.623. The van der Waals surface area contributed by atoms with Gasteiger partial charge in [-0.15, -0.1) is 0 Å². The van der Waals surface area contributed by atoms with Crippen molar-refractivity contribution < 1.29 is 12.9 Å². The van der Waals surface area contributed by atoms with Gasteiger partial charge in [0.15, 0.2) is 0 Å². The number of sulfonamides is 1. The Morgan fingerprint density at radius 1 is 1.18 bits per heavy atom. The van der Waals surface area contributed by atoms with Crippen molar-refractivity contribution in [2.45, 2.75) is 37.6 Å². The number of hydrogen-bond donors (Lipinski definition) is 0. The third-order valence-corrected chi connectivity index (χ3v) is 7.23. The van der Waals surface area contributed by atoms with E-state index in [2.05, 4.69) is 10.1 Å². The third-order valence-electron chi connectivity index (χ3n) is 4.93. The van der Waals surface area contributed by atoms with Gasteiger partial charge in [0.2, 0.25) is 21.7 Å². The number of benzene rings is 2. The Kier molecular flexibility index (Phi) is 4.99. The summed E-state index contributed by atoms with van der Waals surface area (Å²) in [6.45, 7) is 4.15. The zero-order chi connectivity index (χ0) is 19.9. The van der Waals surface area contributed by atoms with Crippen molar-refractivity contribution >= 4 is 21.6 Å². The van der Waals surface area contributed by atoms with Gasteiger partial charge >= 0.3 is 0 Å². The molecule has 28 heavy (non-hydrogen) atoms. The van der Waals surface area contributed by atoms with Crippen LogP contribution >= 0.6 is 11.6 Å². The monoisotopic (exact) mass is 417 g/mol. The highest BCUT2D eigenvalue weighted by Gasteiger charge is 2.40. The molecule has 1 aliphatic rings. The summed E-state index contributed by atoms with van der Waals surface area (Å²) in [5, 5.41) is 4.57. The first kappa shape index (κ1) is 19.1. The van der Waals surface area contributed by atoms with E-state index in [1.165, 1.54) is 4.31 Å². The number of rotatable bonds is 4. The van der Waals surface area contributed by atoms with Crippen molar-refractivity contribution in [1.29, 1.82) is 0 Å². The molecular weight excluding hydrogens is 398 g/mol. The van der Waals surface area contributed by atoms with Crippen LogP contribution in [-0.2, 0) is 10.0 Å². The summed E-state index contributed by atoms with van der Waals surface area (Å²) >= 11 is 5.98. The second kappa shape index (κ2) is 7.31. The van der Waals surface area contributed by atoms with Gasteiger partial charge in [0.25, 0.3) is 0 Å². The number of aryl methyl sites for hydroxylation is 2. The van der Waals surface area contributed by atoms with Crippen LogP contribution in [0.15, 0.2) is 51.9 Å². The van der Waals surface area contributed by atoms with Crippen LogP contribution < -0.4 is 0 Å². The molecule has 1 aliphatic heterocycles. The lowest BCUT2D eigenvalue weighted by Crippen LogP contribution is -2.31. The van der Waals surface area contributed by atoms with E-state index in [1.54, 1.807) is 25.1 Å². The van der Waals surface area contributed by atoms with Gasteiger partial charge in [-0.1, -0.05) is 40.5 Å². The van der Waals surface area contributed by atoms with Crippen LogP contribution in [0.3, 0.4) is 0 Å². The molecule has 6 nitrogen and oxygen atoms in total. The van der Waals surface area contributed by atoms with E-state index < -0.39 is 16.1 Å². The maximum Gasteiger partial charge on any atom is 0.245 e. The van der Waals surface area contributed by atoms with Gasteiger partial charge in [-0.05, 0) is 56.5 Å². The van der Waals surface area contributed by atoms with Gasteiger partial charge in [-0.3, -0.25) is 0 Å². The summed E-state index contributed by atoms with van der Waals surface area (Å²) in [5.41, 5.74) is 2.55. The predicted octanol–water partition coefficient (Wildman–Crippen LogP) is 4.53. The fourth-order valence-corrected chi connectivity index (χ4v) is 5.66. The lowest BCUT2D eigenvalue weighted by Gasteiger charge is -2.22. The summed E-state index contributed by atoms with van der Waals surface area (Å²) in [7, 11) is -3.70. The lowest BCUT2D eigenvalue weighted by molar-refractivity contribution is 0.290. The average molecular weight is 418 g/mol. The van der Waals surface area contributed by atoms with Crippen molar-refractivity contribution in [3.8, 4) is 11.4 Å². The maximum atomic E-state index is 13.3. The minimum absolute atomic E-state index is 0.252. The molecule has 0 spiro atoms. The lowest BCUT2D eigenvalue weighted by atomic mass is 10.1. The van der Waals surface area contributed by atoms with Crippen molar-refractivity contribution in [1.82, 2.24) is 14.4 Å². The molecule has 8 heteroatoms. The predicted molar refractivity (Wildman–Crippen MR) is 107 cm³/mol. The summed E-state index contributed by atoms with van der Waals surface area (Å²) in [6.07, 6.45) is 1.38. The van der Waals surface area contributed by atoms with E-state index in [9.17, 15) is 8.42 Å². The van der Waals surface area contributed by atoms with Crippen LogP contribution in [0.2, 0.25) is 5.02 Å². The van der Waals surface area contributed by atoms with Gasteiger partial charge in [0.05, 0.1) is 4.90 Å². The fourth-order valence-electron chi connectivity index (χ4n) is 3.58. The highest BCUT2D eigenvalue weighted by molar-refractivity contribution is 7.89. The van der Waals surface area contributed by atoms with Crippen molar-refractivity contribution in [2.24, 2.45) is 0 Å². The smallest absolute Gasteiger partial charge is 0.245 e. The van der Waals surface area contributed by atoms with Crippen LogP contribution in [0.5, 0.6) is 0 Å². The topological polar surface area (TPSA) is 76.3 Å². The SMILES string of the molecule is Cc1cccc(-c2noc([C@@H]3CCCN3S(=O)(=O)c3ccc(Cl)cc3C)n2)c1. The minimum Gasteiger partial charge on any atom is -0.337 e. The molecule has 2 aromatic carbocycles. The first-order chi connectivity index (χ1) is 13.4. The van der Waals surface area contributed by atoms with Crippen LogP contribution in [0.1, 0.15) is 35.9 Å². The van der Waals surface area contributed by atoms with Crippen LogP contribution in [0.4, 0.5) is 0 Å². The first-order valence-corrected chi connectivity index (χ1v) is 10.9. The molecule has 4 rings (SSSR count). The second-order valence-corrected chi connectivity index (χ2v) is 9.30. The zero-order valence-corrected chi connectivity index (χ0v) is 17.2. The first-order valence-electron chi connectivity index (χ1n) is 9.05. The molecule has 0 bridgehead atoms. The highest BCUT2D eigenvalue weighted by Crippen LogP contribution is 2.37.